The van der Waals surface area contributed by atoms with Crippen molar-refractivity contribution in [3.05, 3.63) is 103 Å². The average molecular weight is 1080 g/mol. The van der Waals surface area contributed by atoms with Gasteiger partial charge in [-0.05, 0) is 56.9 Å². The first-order valence-corrected chi connectivity index (χ1v) is 26.2. The average Bonchev–Trinajstić information content (AvgIpc) is 4.04. The summed E-state index contributed by atoms with van der Waals surface area (Å²) in [6.07, 6.45) is 3.06. The maximum Gasteiger partial charge on any atom is 0.323 e. The largest absolute Gasteiger partial charge is 0.463 e. The fourth-order valence-corrected chi connectivity index (χ4v) is 9.74. The van der Waals surface area contributed by atoms with Crippen LogP contribution in [0.2, 0.25) is 10.0 Å². The predicted molar refractivity (Wildman–Crippen MR) is 291 cm³/mol. The standard InChI is InChI=1S/C27H35ClN8O3S.C22H26ClN7O2S/c1-16(2)23(29)26(38)39-13-12-35-8-10-36(11-9-35)22-14-21(31-18(4)32-22)33-27-30-15-20(40-27)25(37)34-24-17(3)6-5-7-19(24)28;1-14-4-3-5-16(23)20(14)28-21(32)17-13-24-22(33-17)27-18-12-19(26-15(2)25-18)30-8-6-29(7-9-30)10-11-31/h5-7,14-16,23H,8-13,29H2,1-4H3,(H,34,37)(H,30,31,32,33);3-5,12-13,31H,6-11H2,1-2H3,(H,28,32)(H,24,25,26,27)/t23-;/m1./s1. The highest BCUT2D eigenvalue weighted by atomic mass is 35.5. The third-order valence-electron chi connectivity index (χ3n) is 11.9. The van der Waals surface area contributed by atoms with Gasteiger partial charge >= 0.3 is 5.97 Å². The number of nitrogens with two attached hydrogens (primary N) is 1. The van der Waals surface area contributed by atoms with Gasteiger partial charge in [-0.15, -0.1) is 0 Å². The van der Waals surface area contributed by atoms with Crippen molar-refractivity contribution in [2.24, 2.45) is 11.7 Å². The maximum absolute atomic E-state index is 12.8. The first-order valence-electron chi connectivity index (χ1n) is 23.8. The molecule has 2 aliphatic heterocycles. The Morgan fingerprint density at radius 3 is 1.53 bits per heavy atom. The molecule has 0 unspecified atom stereocenters. The number of aliphatic hydroxyl groups is 1. The van der Waals surface area contributed by atoms with Gasteiger partial charge in [-0.25, -0.2) is 29.9 Å². The van der Waals surface area contributed by atoms with Crippen LogP contribution in [0.15, 0.2) is 60.9 Å². The van der Waals surface area contributed by atoms with Crippen LogP contribution in [0.4, 0.5) is 44.9 Å². The number of ether oxygens (including phenoxy) is 1. The van der Waals surface area contributed by atoms with Crippen molar-refractivity contribution in [2.45, 2.75) is 47.6 Å². The monoisotopic (exact) mass is 1070 g/mol. The van der Waals surface area contributed by atoms with Gasteiger partial charge < -0.3 is 46.6 Å². The van der Waals surface area contributed by atoms with Crippen LogP contribution in [0.5, 0.6) is 0 Å². The number of hydrogen-bond donors (Lipinski definition) is 6. The van der Waals surface area contributed by atoms with E-state index in [1.165, 1.54) is 35.1 Å². The molecule has 2 saturated heterocycles. The molecule has 2 aliphatic rings. The molecule has 6 heterocycles. The van der Waals surface area contributed by atoms with Crippen LogP contribution in [-0.2, 0) is 9.53 Å². The van der Waals surface area contributed by atoms with Crippen molar-refractivity contribution in [1.82, 2.24) is 39.7 Å². The number of benzene rings is 2. The second-order valence-electron chi connectivity index (χ2n) is 17.7. The Morgan fingerprint density at radius 2 is 1.12 bits per heavy atom. The van der Waals surface area contributed by atoms with Crippen LogP contribution < -0.4 is 36.8 Å². The van der Waals surface area contributed by atoms with Crippen LogP contribution in [0, 0.1) is 33.6 Å². The number of aliphatic hydroxyl groups excluding tert-OH is 1. The molecule has 0 spiro atoms. The molecule has 388 valence electrons. The van der Waals surface area contributed by atoms with E-state index >= 15 is 0 Å². The van der Waals surface area contributed by atoms with Crippen molar-refractivity contribution >= 4 is 109 Å². The molecule has 2 fully saturated rings. The second kappa shape index (κ2) is 25.7. The maximum atomic E-state index is 12.8. The number of anilines is 8. The van der Waals surface area contributed by atoms with E-state index < -0.39 is 6.04 Å². The van der Waals surface area contributed by atoms with Crippen LogP contribution in [0.25, 0.3) is 0 Å². The van der Waals surface area contributed by atoms with Gasteiger partial charge in [0.25, 0.3) is 11.8 Å². The fourth-order valence-electron chi connectivity index (χ4n) is 7.77. The number of carbonyl (C=O) groups excluding carboxylic acids is 3. The SMILES string of the molecule is Cc1nc(Nc2ncc(C(=O)Nc3c(C)cccc3Cl)s2)cc(N2CCN(CCO)CC2)n1.Cc1nc(Nc2ncc(C(=O)Nc3c(C)cccc3Cl)s2)cc(N2CCN(CCOC(=O)[C@H](N)C(C)C)CC2)n1. The number of nitrogens with one attached hydrogen (secondary N) is 4. The Bertz CT molecular complexity index is 2810. The second-order valence-corrected chi connectivity index (χ2v) is 20.6. The topological polar surface area (TPSA) is 245 Å². The molecular formula is C49H61Cl2N15O5S2. The van der Waals surface area contributed by atoms with E-state index in [-0.39, 0.29) is 30.3 Å². The summed E-state index contributed by atoms with van der Waals surface area (Å²) in [6, 6.07) is 14.1. The molecule has 2 aromatic carbocycles. The molecule has 0 saturated carbocycles. The van der Waals surface area contributed by atoms with Crippen molar-refractivity contribution in [1.29, 1.82) is 0 Å². The molecule has 73 heavy (non-hydrogen) atoms. The minimum Gasteiger partial charge on any atom is -0.463 e. The number of carbonyl (C=O) groups is 3. The predicted octanol–water partition coefficient (Wildman–Crippen LogP) is 7.16. The summed E-state index contributed by atoms with van der Waals surface area (Å²) in [7, 11) is 0. The van der Waals surface area contributed by atoms with E-state index in [1.807, 2.05) is 77.9 Å². The van der Waals surface area contributed by atoms with Crippen LogP contribution in [0.1, 0.15) is 56.0 Å². The van der Waals surface area contributed by atoms with Crippen LogP contribution >= 0.6 is 45.9 Å². The van der Waals surface area contributed by atoms with Crippen LogP contribution in [0.3, 0.4) is 0 Å². The number of amides is 2. The molecule has 20 nitrogen and oxygen atoms in total. The van der Waals surface area contributed by atoms with Crippen LogP contribution in [-0.4, -0.2) is 147 Å². The normalized spacial score (nSPS) is 14.6. The molecule has 4 aromatic heterocycles. The highest BCUT2D eigenvalue weighted by Gasteiger charge is 2.24. The Morgan fingerprint density at radius 1 is 0.685 bits per heavy atom. The Labute approximate surface area is 442 Å². The first kappa shape index (κ1) is 54.7. The minimum absolute atomic E-state index is 0.0486. The van der Waals surface area contributed by atoms with Gasteiger partial charge in [0, 0.05) is 77.6 Å². The van der Waals surface area contributed by atoms with Gasteiger partial charge in [-0.1, -0.05) is 84.0 Å². The number of aryl methyl sites for hydroxylation is 4. The van der Waals surface area contributed by atoms with E-state index in [0.717, 1.165) is 75.1 Å². The Hall–Kier alpha value is -6.11. The highest BCUT2D eigenvalue weighted by molar-refractivity contribution is 7.18. The van der Waals surface area contributed by atoms with Gasteiger partial charge in [0.05, 0.1) is 40.4 Å². The number of para-hydroxylation sites is 2. The number of nitrogens with zero attached hydrogens (tertiary/aromatic N) is 10. The number of halogens is 2. The summed E-state index contributed by atoms with van der Waals surface area (Å²) in [6.45, 7) is 19.7. The molecule has 0 aliphatic carbocycles. The van der Waals surface area contributed by atoms with Gasteiger partial charge in [0.2, 0.25) is 0 Å². The molecule has 24 heteroatoms. The number of aromatic nitrogens is 6. The zero-order valence-corrected chi connectivity index (χ0v) is 44.8. The lowest BCUT2D eigenvalue weighted by Crippen LogP contribution is -2.48. The summed E-state index contributed by atoms with van der Waals surface area (Å²) in [4.78, 5) is 74.1. The summed E-state index contributed by atoms with van der Waals surface area (Å²) in [5.74, 6) is 3.30. The van der Waals surface area contributed by atoms with Crippen molar-refractivity contribution < 1.29 is 24.2 Å². The molecule has 0 bridgehead atoms. The lowest BCUT2D eigenvalue weighted by molar-refractivity contribution is -0.146. The molecule has 6 aromatic rings. The summed E-state index contributed by atoms with van der Waals surface area (Å²) < 4.78 is 5.34. The summed E-state index contributed by atoms with van der Waals surface area (Å²) in [5, 5.41) is 23.3. The van der Waals surface area contributed by atoms with E-state index in [1.54, 1.807) is 12.1 Å². The summed E-state index contributed by atoms with van der Waals surface area (Å²) in [5.41, 5.74) is 8.80. The van der Waals surface area contributed by atoms with Gasteiger partial charge in [0.15, 0.2) is 10.3 Å². The first-order chi connectivity index (χ1) is 35.0. The van der Waals surface area contributed by atoms with Gasteiger partial charge in [0.1, 0.15) is 57.3 Å². The zero-order chi connectivity index (χ0) is 52.2. The molecule has 2 amide bonds. The lowest BCUT2D eigenvalue weighted by atomic mass is 10.1. The van der Waals surface area contributed by atoms with Crippen molar-refractivity contribution in [3.8, 4) is 0 Å². The zero-order valence-electron chi connectivity index (χ0n) is 41.6. The number of esters is 1. The lowest BCUT2D eigenvalue weighted by Gasteiger charge is -2.35. The number of thiazole rings is 2. The molecular weight excluding hydrogens is 1010 g/mol. The van der Waals surface area contributed by atoms with Gasteiger partial charge in [-0.2, -0.15) is 0 Å². The van der Waals surface area contributed by atoms with E-state index in [4.69, 9.17) is 38.8 Å². The third kappa shape index (κ3) is 15.2. The molecule has 0 radical (unpaired) electrons. The van der Waals surface area contributed by atoms with E-state index in [9.17, 15) is 14.4 Å². The Balaban J connectivity index is 0.000000218. The minimum atomic E-state index is -0.591. The summed E-state index contributed by atoms with van der Waals surface area (Å²) >= 11 is 14.9. The smallest absolute Gasteiger partial charge is 0.323 e. The molecule has 8 rings (SSSR count). The van der Waals surface area contributed by atoms with E-state index in [2.05, 4.69) is 70.8 Å². The fraction of sp³-hybridized carbons (Fsp3) is 0.408. The van der Waals surface area contributed by atoms with E-state index in [0.29, 0.717) is 84.4 Å². The third-order valence-corrected chi connectivity index (χ3v) is 14.4. The Kier molecular flexibility index (Phi) is 19.2. The number of rotatable bonds is 17. The number of piperazine rings is 2. The molecule has 7 N–H and O–H groups in total. The number of β-amino-alcohol motifs (C(OH)–C–C–N with tert-alkyl or cyclic N) is 1. The highest BCUT2D eigenvalue weighted by Crippen LogP contribution is 2.31. The van der Waals surface area contributed by atoms with Gasteiger partial charge in [-0.3, -0.25) is 24.2 Å². The van der Waals surface area contributed by atoms with Crippen molar-refractivity contribution in [3.63, 3.8) is 0 Å². The van der Waals surface area contributed by atoms with Crippen molar-refractivity contribution in [2.75, 3.05) is 110 Å². The number of hydrogen-bond acceptors (Lipinski definition) is 20. The molecule has 1 atom stereocenters. The quantitative estimate of drug-likeness (QED) is 0.0496.